The highest BCUT2D eigenvalue weighted by Gasteiger charge is 2.14. The number of nitrogen functional groups attached to an aromatic ring is 1. The molecule has 0 aliphatic heterocycles. The molecule has 0 bridgehead atoms. The van der Waals surface area contributed by atoms with Gasteiger partial charge in [-0.2, -0.15) is 4.98 Å². The van der Waals surface area contributed by atoms with Gasteiger partial charge in [0.1, 0.15) is 5.82 Å². The zero-order valence-electron chi connectivity index (χ0n) is 19.0. The number of benzene rings is 2. The minimum Gasteiger partial charge on any atom is -0.490 e. The number of pyridine rings is 1. The van der Waals surface area contributed by atoms with Crippen LogP contribution < -0.4 is 26.1 Å². The molecule has 0 amide bonds. The van der Waals surface area contributed by atoms with E-state index in [4.69, 9.17) is 15.2 Å². The largest absolute Gasteiger partial charge is 0.490 e. The summed E-state index contributed by atoms with van der Waals surface area (Å²) in [5.41, 5.74) is 9.54. The number of halogens is 1. The van der Waals surface area contributed by atoms with Gasteiger partial charge in [0, 0.05) is 23.1 Å². The number of nitrogens with zero attached hydrogens (tertiary/aromatic N) is 3. The molecule has 34 heavy (non-hydrogen) atoms. The standard InChI is InChI=1S/C25H24FN5O3/c1-15-6-7-17(20-5-4-8-28-24(20)34-3)11-21(15)29-25-30-23(32)22(33-2)14-31(25)13-16-9-18(26)12-19(27)10-16/h4-12,14H,13,27H2,1-3H3,(H,29,30,32). The van der Waals surface area contributed by atoms with E-state index < -0.39 is 11.4 Å². The van der Waals surface area contributed by atoms with Crippen molar-refractivity contribution in [3.05, 3.63) is 88.2 Å². The summed E-state index contributed by atoms with van der Waals surface area (Å²) in [5, 5.41) is 3.24. The minimum absolute atomic E-state index is 0.0699. The van der Waals surface area contributed by atoms with Crippen LogP contribution in [0, 0.1) is 12.7 Å². The Morgan fingerprint density at radius 1 is 1.12 bits per heavy atom. The number of hydrogen-bond donors (Lipinski definition) is 2. The number of aromatic nitrogens is 3. The Balaban J connectivity index is 1.76. The van der Waals surface area contributed by atoms with Crippen LogP contribution in [-0.2, 0) is 6.54 Å². The molecule has 0 aliphatic rings. The van der Waals surface area contributed by atoms with E-state index in [1.165, 1.54) is 25.4 Å². The van der Waals surface area contributed by atoms with Crippen LogP contribution in [0.3, 0.4) is 0 Å². The van der Waals surface area contributed by atoms with Crippen molar-refractivity contribution in [3.63, 3.8) is 0 Å². The van der Waals surface area contributed by atoms with Gasteiger partial charge in [0.2, 0.25) is 17.6 Å². The van der Waals surface area contributed by atoms with Crippen molar-refractivity contribution >= 4 is 17.3 Å². The summed E-state index contributed by atoms with van der Waals surface area (Å²) >= 11 is 0. The average Bonchev–Trinajstić information content (AvgIpc) is 2.81. The van der Waals surface area contributed by atoms with Crippen LogP contribution in [-0.4, -0.2) is 28.8 Å². The summed E-state index contributed by atoms with van der Waals surface area (Å²) in [5.74, 6) is 0.396. The van der Waals surface area contributed by atoms with Crippen molar-refractivity contribution in [2.24, 2.45) is 0 Å². The molecule has 0 saturated heterocycles. The molecule has 2 aromatic carbocycles. The maximum absolute atomic E-state index is 13.9. The van der Waals surface area contributed by atoms with E-state index in [1.807, 2.05) is 37.3 Å². The first-order valence-electron chi connectivity index (χ1n) is 10.5. The third kappa shape index (κ3) is 4.83. The van der Waals surface area contributed by atoms with E-state index in [1.54, 1.807) is 23.9 Å². The van der Waals surface area contributed by atoms with E-state index in [0.29, 0.717) is 17.1 Å². The summed E-state index contributed by atoms with van der Waals surface area (Å²) in [6.45, 7) is 2.15. The fraction of sp³-hybridized carbons (Fsp3) is 0.160. The van der Waals surface area contributed by atoms with E-state index in [2.05, 4.69) is 15.3 Å². The smallest absolute Gasteiger partial charge is 0.316 e. The molecule has 0 spiro atoms. The molecule has 0 atom stereocenters. The number of aryl methyl sites for hydroxylation is 1. The summed E-state index contributed by atoms with van der Waals surface area (Å²) in [6.07, 6.45) is 3.19. The molecule has 9 heteroatoms. The van der Waals surface area contributed by atoms with Gasteiger partial charge >= 0.3 is 5.56 Å². The molecule has 3 N–H and O–H groups in total. The third-order valence-corrected chi connectivity index (χ3v) is 5.28. The normalized spacial score (nSPS) is 10.7. The van der Waals surface area contributed by atoms with Crippen molar-refractivity contribution in [2.45, 2.75) is 13.5 Å². The Kier molecular flexibility index (Phi) is 6.44. The zero-order valence-corrected chi connectivity index (χ0v) is 19.0. The summed E-state index contributed by atoms with van der Waals surface area (Å²) in [7, 11) is 2.96. The first-order chi connectivity index (χ1) is 16.4. The first-order valence-corrected chi connectivity index (χ1v) is 10.5. The molecule has 0 radical (unpaired) electrons. The highest BCUT2D eigenvalue weighted by atomic mass is 19.1. The van der Waals surface area contributed by atoms with Gasteiger partial charge in [0.05, 0.1) is 27.0 Å². The summed E-state index contributed by atoms with van der Waals surface area (Å²) in [6, 6.07) is 13.9. The molecule has 174 valence electrons. The van der Waals surface area contributed by atoms with Gasteiger partial charge in [-0.25, -0.2) is 9.37 Å². The van der Waals surface area contributed by atoms with Crippen LogP contribution in [0.15, 0.2) is 65.7 Å². The van der Waals surface area contributed by atoms with Crippen LogP contribution in [0.2, 0.25) is 0 Å². The van der Waals surface area contributed by atoms with E-state index >= 15 is 0 Å². The maximum Gasteiger partial charge on any atom is 0.316 e. The van der Waals surface area contributed by atoms with Gasteiger partial charge in [-0.1, -0.05) is 12.1 Å². The fourth-order valence-corrected chi connectivity index (χ4v) is 3.61. The third-order valence-electron chi connectivity index (χ3n) is 5.28. The molecule has 0 saturated carbocycles. The van der Waals surface area contributed by atoms with Crippen LogP contribution in [0.1, 0.15) is 11.1 Å². The highest BCUT2D eigenvalue weighted by molar-refractivity contribution is 5.74. The lowest BCUT2D eigenvalue weighted by Crippen LogP contribution is -2.19. The average molecular weight is 461 g/mol. The fourth-order valence-electron chi connectivity index (χ4n) is 3.61. The quantitative estimate of drug-likeness (QED) is 0.399. The Hall–Kier alpha value is -4.40. The maximum atomic E-state index is 13.9. The lowest BCUT2D eigenvalue weighted by Gasteiger charge is -2.17. The lowest BCUT2D eigenvalue weighted by molar-refractivity contribution is 0.399. The SMILES string of the molecule is COc1ncccc1-c1ccc(C)c(Nc2nc(=O)c(OC)cn2Cc2cc(N)cc(F)c2)c1. The molecule has 4 aromatic rings. The minimum atomic E-state index is -0.525. The Bertz CT molecular complexity index is 1380. The van der Waals surface area contributed by atoms with Crippen LogP contribution >= 0.6 is 0 Å². The molecule has 4 rings (SSSR count). The lowest BCUT2D eigenvalue weighted by atomic mass is 10.0. The Morgan fingerprint density at radius 2 is 1.94 bits per heavy atom. The van der Waals surface area contributed by atoms with Crippen LogP contribution in [0.5, 0.6) is 11.6 Å². The van der Waals surface area contributed by atoms with Crippen molar-refractivity contribution in [1.82, 2.24) is 14.5 Å². The number of hydrogen-bond acceptors (Lipinski definition) is 7. The molecule has 0 fully saturated rings. The van der Waals surface area contributed by atoms with Gasteiger partial charge in [0.25, 0.3) is 0 Å². The molecular formula is C25H24FN5O3. The Labute approximate surface area is 195 Å². The number of nitrogens with two attached hydrogens (primary N) is 1. The van der Waals surface area contributed by atoms with Crippen LogP contribution in [0.25, 0.3) is 11.1 Å². The highest BCUT2D eigenvalue weighted by Crippen LogP contribution is 2.32. The number of methoxy groups -OCH3 is 2. The second-order valence-corrected chi connectivity index (χ2v) is 7.67. The predicted molar refractivity (Wildman–Crippen MR) is 129 cm³/mol. The van der Waals surface area contributed by atoms with Crippen molar-refractivity contribution < 1.29 is 13.9 Å². The number of ether oxygens (including phenoxy) is 2. The van der Waals surface area contributed by atoms with Gasteiger partial charge in [0.15, 0.2) is 0 Å². The van der Waals surface area contributed by atoms with Crippen molar-refractivity contribution in [2.75, 3.05) is 25.3 Å². The molecular weight excluding hydrogens is 437 g/mol. The second-order valence-electron chi connectivity index (χ2n) is 7.67. The van der Waals surface area contributed by atoms with Gasteiger partial charge in [-0.05, 0) is 60.0 Å². The van der Waals surface area contributed by atoms with E-state index in [0.717, 1.165) is 22.4 Å². The van der Waals surface area contributed by atoms with Crippen molar-refractivity contribution in [3.8, 4) is 22.8 Å². The molecule has 0 aliphatic carbocycles. The molecule has 2 heterocycles. The topological polar surface area (TPSA) is 104 Å². The van der Waals surface area contributed by atoms with E-state index in [9.17, 15) is 9.18 Å². The summed E-state index contributed by atoms with van der Waals surface area (Å²) < 4.78 is 26.1. The zero-order chi connectivity index (χ0) is 24.2. The second kappa shape index (κ2) is 9.62. The number of rotatable bonds is 7. The first kappa shape index (κ1) is 22.8. The van der Waals surface area contributed by atoms with Gasteiger partial charge in [-0.3, -0.25) is 4.79 Å². The van der Waals surface area contributed by atoms with Gasteiger partial charge in [-0.15, -0.1) is 0 Å². The summed E-state index contributed by atoms with van der Waals surface area (Å²) in [4.78, 5) is 20.9. The number of nitrogens with one attached hydrogen (secondary N) is 1. The monoisotopic (exact) mass is 461 g/mol. The molecule has 8 nitrogen and oxygen atoms in total. The van der Waals surface area contributed by atoms with Gasteiger partial charge < -0.3 is 25.1 Å². The Morgan fingerprint density at radius 3 is 2.68 bits per heavy atom. The predicted octanol–water partition coefficient (Wildman–Crippen LogP) is 4.14. The van der Waals surface area contributed by atoms with Crippen molar-refractivity contribution in [1.29, 1.82) is 0 Å². The number of anilines is 3. The van der Waals surface area contributed by atoms with E-state index in [-0.39, 0.29) is 18.2 Å². The van der Waals surface area contributed by atoms with Crippen LogP contribution in [0.4, 0.5) is 21.7 Å². The molecule has 0 unspecified atom stereocenters. The molecule has 2 aromatic heterocycles.